The number of carbonyl (C=O) groups excluding carboxylic acids is 2. The molecule has 1 atom stereocenters. The molecule has 41 heavy (non-hydrogen) atoms. The topological polar surface area (TPSA) is 181 Å². The minimum atomic E-state index is -5.08. The number of rotatable bonds is 8. The van der Waals surface area contributed by atoms with Crippen molar-refractivity contribution in [3.8, 4) is 17.2 Å². The first-order valence-electron chi connectivity index (χ1n) is 12.0. The van der Waals surface area contributed by atoms with Crippen LogP contribution in [0, 0.1) is 16.7 Å². The number of hydrogen-bond donors (Lipinski definition) is 6. The number of nitriles is 1. The Bertz CT molecular complexity index is 1440. The van der Waals surface area contributed by atoms with Gasteiger partial charge in [0.2, 0.25) is 5.91 Å². The van der Waals surface area contributed by atoms with Gasteiger partial charge in [0, 0.05) is 24.2 Å². The van der Waals surface area contributed by atoms with Crippen LogP contribution in [-0.2, 0) is 16.0 Å². The molecule has 0 radical (unpaired) electrons. The highest BCUT2D eigenvalue weighted by molar-refractivity contribution is 5.98. The first kappa shape index (κ1) is 31.8. The van der Waals surface area contributed by atoms with Crippen LogP contribution in [0.1, 0.15) is 23.6 Å². The van der Waals surface area contributed by atoms with Gasteiger partial charge in [0.15, 0.2) is 0 Å². The molecule has 3 aromatic carbocycles. The first-order chi connectivity index (χ1) is 19.3. The maximum Gasteiger partial charge on any atom is 0.490 e. The van der Waals surface area contributed by atoms with E-state index in [-0.39, 0.29) is 18.2 Å². The number of alkyl halides is 3. The zero-order valence-corrected chi connectivity index (χ0v) is 21.8. The Morgan fingerprint density at radius 2 is 1.68 bits per heavy atom. The zero-order chi connectivity index (χ0) is 30.6. The van der Waals surface area contributed by atoms with Gasteiger partial charge in [-0.25, -0.2) is 9.59 Å². The minimum absolute atomic E-state index is 0.0717. The molecule has 0 aliphatic heterocycles. The Balaban J connectivity index is 0.000000745. The van der Waals surface area contributed by atoms with Gasteiger partial charge >= 0.3 is 18.2 Å². The van der Waals surface area contributed by atoms with E-state index in [9.17, 15) is 28.0 Å². The number of nitrogen functional groups attached to an aromatic ring is 1. The van der Waals surface area contributed by atoms with Crippen molar-refractivity contribution in [1.29, 1.82) is 10.7 Å². The third-order valence-corrected chi connectivity index (χ3v) is 5.39. The van der Waals surface area contributed by atoms with E-state index in [1.165, 1.54) is 0 Å². The third kappa shape index (κ3) is 10.0. The highest BCUT2D eigenvalue weighted by Crippen LogP contribution is 2.25. The molecule has 0 fully saturated rings. The number of halogens is 3. The van der Waals surface area contributed by atoms with Crippen LogP contribution >= 0.6 is 0 Å². The van der Waals surface area contributed by atoms with Crippen LogP contribution < -0.4 is 21.7 Å². The molecule has 0 aliphatic rings. The summed E-state index contributed by atoms with van der Waals surface area (Å²) in [5.41, 5.74) is 9.67. The smallest absolute Gasteiger partial charge is 0.475 e. The molecule has 3 amide bonds. The molecule has 0 saturated carbocycles. The van der Waals surface area contributed by atoms with Crippen molar-refractivity contribution in [2.75, 3.05) is 11.9 Å². The number of anilines is 1. The fourth-order valence-corrected chi connectivity index (χ4v) is 3.48. The highest BCUT2D eigenvalue weighted by Gasteiger charge is 2.38. The Kier molecular flexibility index (Phi) is 11.4. The molecule has 0 aliphatic carbocycles. The number of carboxylic acids is 1. The summed E-state index contributed by atoms with van der Waals surface area (Å²) in [5, 5.41) is 32.3. The number of urea groups is 1. The van der Waals surface area contributed by atoms with Gasteiger partial charge in [-0.15, -0.1) is 0 Å². The number of carbonyl (C=O) groups is 3. The molecule has 0 spiro atoms. The lowest BCUT2D eigenvalue weighted by molar-refractivity contribution is -0.192. The monoisotopic (exact) mass is 568 g/mol. The molecule has 7 N–H and O–H groups in total. The van der Waals surface area contributed by atoms with E-state index in [0.717, 1.165) is 16.7 Å². The Morgan fingerprint density at radius 3 is 2.24 bits per heavy atom. The largest absolute Gasteiger partial charge is 0.490 e. The summed E-state index contributed by atoms with van der Waals surface area (Å²) in [7, 11) is 0. The predicted molar refractivity (Wildman–Crippen MR) is 146 cm³/mol. The summed E-state index contributed by atoms with van der Waals surface area (Å²) in [4.78, 5) is 34.1. The van der Waals surface area contributed by atoms with Crippen molar-refractivity contribution in [1.82, 2.24) is 10.6 Å². The number of aliphatic carboxylic acids is 1. The van der Waals surface area contributed by atoms with Crippen LogP contribution in [0.5, 0.6) is 0 Å². The summed E-state index contributed by atoms with van der Waals surface area (Å²) in [6.45, 7) is 2.21. The number of benzene rings is 3. The quantitative estimate of drug-likeness (QED) is 0.176. The molecule has 3 aromatic rings. The number of nitrogens with zero attached hydrogens (tertiary/aromatic N) is 1. The normalized spacial score (nSPS) is 11.1. The van der Waals surface area contributed by atoms with Crippen molar-refractivity contribution in [3.63, 3.8) is 0 Å². The van der Waals surface area contributed by atoms with Gasteiger partial charge in [-0.3, -0.25) is 10.2 Å². The molecule has 3 rings (SSSR count). The minimum Gasteiger partial charge on any atom is -0.475 e. The van der Waals surface area contributed by atoms with E-state index < -0.39 is 24.2 Å². The third-order valence-electron chi connectivity index (χ3n) is 5.39. The molecule has 214 valence electrons. The highest BCUT2D eigenvalue weighted by atomic mass is 19.4. The number of amidine groups is 1. The summed E-state index contributed by atoms with van der Waals surface area (Å²) in [6.07, 6.45) is -4.86. The average molecular weight is 569 g/mol. The predicted octanol–water partition coefficient (Wildman–Crippen LogP) is 4.01. The van der Waals surface area contributed by atoms with Crippen LogP contribution in [-0.4, -0.2) is 47.6 Å². The molecular weight excluding hydrogens is 541 g/mol. The molecule has 13 heteroatoms. The fraction of sp³-hybridized carbons (Fsp3) is 0.179. The van der Waals surface area contributed by atoms with Gasteiger partial charge < -0.3 is 26.8 Å². The standard InChI is InChI=1S/C26H26N6O2.C2HF3O2/c1-2-30-26(34)32-23(15-17-6-5-8-19(14-17)24(28)29)25(33)31-21-12-10-18(11-13-21)22-9-4-3-7-20(22)16-27;3-2(4,5)1(6)7/h3-14,23H,2,15H2,1H3,(H3,28,29)(H,31,33)(H2,30,32,34);(H,6,7)/t23-;/m0./s1. The number of carboxylic acid groups (broad SMARTS) is 1. The van der Waals surface area contributed by atoms with Crippen LogP contribution in [0.3, 0.4) is 0 Å². The van der Waals surface area contributed by atoms with Crippen LogP contribution in [0.25, 0.3) is 11.1 Å². The van der Waals surface area contributed by atoms with Gasteiger partial charge in [0.05, 0.1) is 11.6 Å². The van der Waals surface area contributed by atoms with E-state index in [0.29, 0.717) is 23.4 Å². The average Bonchev–Trinajstić information content (AvgIpc) is 2.93. The summed E-state index contributed by atoms with van der Waals surface area (Å²) >= 11 is 0. The van der Waals surface area contributed by atoms with Gasteiger partial charge in [-0.05, 0) is 47.9 Å². The molecule has 10 nitrogen and oxygen atoms in total. The molecule has 0 aromatic heterocycles. The molecule has 0 saturated heterocycles. The number of amides is 3. The molecule has 0 unspecified atom stereocenters. The second-order valence-electron chi connectivity index (χ2n) is 8.40. The van der Waals surface area contributed by atoms with Gasteiger partial charge in [-0.2, -0.15) is 18.4 Å². The lowest BCUT2D eigenvalue weighted by Gasteiger charge is -2.19. The van der Waals surface area contributed by atoms with Gasteiger partial charge in [0.25, 0.3) is 0 Å². The summed E-state index contributed by atoms with van der Waals surface area (Å²) < 4.78 is 31.7. The second kappa shape index (κ2) is 14.7. The van der Waals surface area contributed by atoms with Gasteiger partial charge in [0.1, 0.15) is 11.9 Å². The van der Waals surface area contributed by atoms with Crippen LogP contribution in [0.4, 0.5) is 23.7 Å². The molecular formula is C28H27F3N6O4. The van der Waals surface area contributed by atoms with Crippen molar-refractivity contribution in [2.45, 2.75) is 25.6 Å². The van der Waals surface area contributed by atoms with E-state index in [1.807, 2.05) is 36.4 Å². The van der Waals surface area contributed by atoms with E-state index in [4.69, 9.17) is 21.0 Å². The lowest BCUT2D eigenvalue weighted by atomic mass is 10.00. The van der Waals surface area contributed by atoms with Crippen molar-refractivity contribution < 1.29 is 32.7 Å². The van der Waals surface area contributed by atoms with E-state index in [2.05, 4.69) is 22.0 Å². The van der Waals surface area contributed by atoms with Crippen molar-refractivity contribution in [2.24, 2.45) is 5.73 Å². The summed E-state index contributed by atoms with van der Waals surface area (Å²) in [5.74, 6) is -3.21. The fourth-order valence-electron chi connectivity index (χ4n) is 3.48. The van der Waals surface area contributed by atoms with Crippen LogP contribution in [0.2, 0.25) is 0 Å². The van der Waals surface area contributed by atoms with E-state index >= 15 is 0 Å². The molecule has 0 heterocycles. The van der Waals surface area contributed by atoms with Gasteiger partial charge in [-0.1, -0.05) is 48.5 Å². The van der Waals surface area contributed by atoms with Crippen molar-refractivity contribution >= 4 is 29.4 Å². The number of nitrogens with two attached hydrogens (primary N) is 1. The Morgan fingerprint density at radius 1 is 1.05 bits per heavy atom. The molecule has 0 bridgehead atoms. The second-order valence-corrected chi connectivity index (χ2v) is 8.40. The van der Waals surface area contributed by atoms with Crippen LogP contribution in [0.15, 0.2) is 72.8 Å². The Hall–Kier alpha value is -5.38. The van der Waals surface area contributed by atoms with E-state index in [1.54, 1.807) is 43.3 Å². The zero-order valence-electron chi connectivity index (χ0n) is 21.8. The SMILES string of the molecule is CCNC(=O)N[C@@H](Cc1cccc(C(=N)N)c1)C(=O)Nc1ccc(-c2ccccc2C#N)cc1.O=C(O)C(F)(F)F. The van der Waals surface area contributed by atoms with Crippen molar-refractivity contribution in [3.05, 3.63) is 89.5 Å². The number of hydrogen-bond acceptors (Lipinski definition) is 5. The lowest BCUT2D eigenvalue weighted by Crippen LogP contribution is -2.49. The Labute approximate surface area is 233 Å². The summed E-state index contributed by atoms with van der Waals surface area (Å²) in [6, 6.07) is 22.3. The first-order valence-corrected chi connectivity index (χ1v) is 12.0. The number of nitrogens with one attached hydrogen (secondary N) is 4. The maximum atomic E-state index is 13.1. The maximum absolute atomic E-state index is 13.1.